The van der Waals surface area contributed by atoms with Crippen molar-refractivity contribution in [1.82, 2.24) is 5.32 Å². The number of amides is 1. The lowest BCUT2D eigenvalue weighted by molar-refractivity contribution is -0.116. The molecule has 0 bridgehead atoms. The Balaban J connectivity index is 1.89. The molecule has 0 aromatic heterocycles. The van der Waals surface area contributed by atoms with E-state index in [-0.39, 0.29) is 10.9 Å². The van der Waals surface area contributed by atoms with E-state index in [1.807, 2.05) is 43.3 Å². The Kier molecular flexibility index (Phi) is 5.77. The van der Waals surface area contributed by atoms with E-state index in [1.165, 1.54) is 18.2 Å². The summed E-state index contributed by atoms with van der Waals surface area (Å²) in [5.74, 6) is -0.698. The van der Waals surface area contributed by atoms with Crippen molar-refractivity contribution in [3.63, 3.8) is 0 Å². The standard InChI is InChI=1S/C18H18ClFN2O/c1-22(2)15-7-3-14(4-8-15)12-21-18(23)10-6-13-5-9-17(20)16(19)11-13/h3-11H,12H2,1-2H3,(H,21,23)/b10-6+. The number of nitrogens with one attached hydrogen (secondary N) is 1. The second-order valence-corrected chi connectivity index (χ2v) is 5.69. The van der Waals surface area contributed by atoms with Gasteiger partial charge < -0.3 is 10.2 Å². The highest BCUT2D eigenvalue weighted by molar-refractivity contribution is 6.30. The van der Waals surface area contributed by atoms with Gasteiger partial charge in [0.15, 0.2) is 0 Å². The van der Waals surface area contributed by atoms with Crippen LogP contribution in [0.5, 0.6) is 0 Å². The van der Waals surface area contributed by atoms with Crippen molar-refractivity contribution < 1.29 is 9.18 Å². The van der Waals surface area contributed by atoms with Crippen LogP contribution in [0.2, 0.25) is 5.02 Å². The predicted molar refractivity (Wildman–Crippen MR) is 93.1 cm³/mol. The van der Waals surface area contributed by atoms with E-state index < -0.39 is 5.82 Å². The smallest absolute Gasteiger partial charge is 0.244 e. The average Bonchev–Trinajstić information content (AvgIpc) is 2.54. The molecule has 0 fully saturated rings. The van der Waals surface area contributed by atoms with Crippen molar-refractivity contribution in [2.24, 2.45) is 0 Å². The minimum absolute atomic E-state index is 0.0357. The lowest BCUT2D eigenvalue weighted by atomic mass is 10.2. The first-order valence-electron chi connectivity index (χ1n) is 7.13. The maximum Gasteiger partial charge on any atom is 0.244 e. The van der Waals surface area contributed by atoms with Crippen LogP contribution in [0.3, 0.4) is 0 Å². The fourth-order valence-electron chi connectivity index (χ4n) is 1.95. The van der Waals surface area contributed by atoms with Crippen LogP contribution >= 0.6 is 11.6 Å². The van der Waals surface area contributed by atoms with Gasteiger partial charge in [0.25, 0.3) is 0 Å². The molecular formula is C18H18ClFN2O. The quantitative estimate of drug-likeness (QED) is 0.843. The number of carbonyl (C=O) groups excluding carboxylic acids is 1. The minimum atomic E-state index is -0.477. The molecule has 0 aliphatic rings. The Morgan fingerprint density at radius 2 is 1.91 bits per heavy atom. The molecule has 2 aromatic carbocycles. The van der Waals surface area contributed by atoms with Gasteiger partial charge in [0, 0.05) is 32.4 Å². The largest absolute Gasteiger partial charge is 0.378 e. The van der Waals surface area contributed by atoms with Crippen molar-refractivity contribution in [2.75, 3.05) is 19.0 Å². The molecule has 0 radical (unpaired) electrons. The highest BCUT2D eigenvalue weighted by Gasteiger charge is 2.01. The fourth-order valence-corrected chi connectivity index (χ4v) is 2.14. The summed E-state index contributed by atoms with van der Waals surface area (Å²) >= 11 is 5.69. The summed E-state index contributed by atoms with van der Waals surface area (Å²) in [5.41, 5.74) is 2.79. The molecule has 0 saturated carbocycles. The van der Waals surface area contributed by atoms with Crippen molar-refractivity contribution in [3.8, 4) is 0 Å². The summed E-state index contributed by atoms with van der Waals surface area (Å²) in [6.45, 7) is 0.445. The van der Waals surface area contributed by atoms with Gasteiger partial charge in [0.1, 0.15) is 5.82 Å². The van der Waals surface area contributed by atoms with E-state index in [0.717, 1.165) is 11.3 Å². The van der Waals surface area contributed by atoms with Gasteiger partial charge in [-0.2, -0.15) is 0 Å². The van der Waals surface area contributed by atoms with Gasteiger partial charge in [-0.1, -0.05) is 29.8 Å². The van der Waals surface area contributed by atoms with E-state index in [4.69, 9.17) is 11.6 Å². The molecule has 0 saturated heterocycles. The summed E-state index contributed by atoms with van der Waals surface area (Å²) in [4.78, 5) is 13.8. The Labute approximate surface area is 140 Å². The van der Waals surface area contributed by atoms with Crippen molar-refractivity contribution in [2.45, 2.75) is 6.54 Å². The third-order valence-electron chi connectivity index (χ3n) is 3.29. The predicted octanol–water partition coefficient (Wildman–Crippen LogP) is 3.87. The van der Waals surface area contributed by atoms with Gasteiger partial charge in [-0.3, -0.25) is 4.79 Å². The Morgan fingerprint density at radius 3 is 2.52 bits per heavy atom. The lowest BCUT2D eigenvalue weighted by Crippen LogP contribution is -2.20. The molecule has 0 unspecified atom stereocenters. The fraction of sp³-hybridized carbons (Fsp3) is 0.167. The van der Waals surface area contributed by atoms with Crippen LogP contribution < -0.4 is 10.2 Å². The number of anilines is 1. The molecule has 23 heavy (non-hydrogen) atoms. The summed E-state index contributed by atoms with van der Waals surface area (Å²) in [6, 6.07) is 12.2. The van der Waals surface area contributed by atoms with Gasteiger partial charge in [-0.25, -0.2) is 4.39 Å². The summed E-state index contributed by atoms with van der Waals surface area (Å²) in [6.07, 6.45) is 2.99. The van der Waals surface area contributed by atoms with E-state index >= 15 is 0 Å². The average molecular weight is 333 g/mol. The minimum Gasteiger partial charge on any atom is -0.378 e. The topological polar surface area (TPSA) is 32.3 Å². The number of hydrogen-bond acceptors (Lipinski definition) is 2. The van der Waals surface area contributed by atoms with Crippen molar-refractivity contribution in [3.05, 3.63) is 70.5 Å². The molecule has 3 nitrogen and oxygen atoms in total. The zero-order valence-electron chi connectivity index (χ0n) is 13.0. The van der Waals surface area contributed by atoms with Crippen LogP contribution in [-0.4, -0.2) is 20.0 Å². The van der Waals surface area contributed by atoms with E-state index in [0.29, 0.717) is 12.1 Å². The summed E-state index contributed by atoms with van der Waals surface area (Å²) in [7, 11) is 3.95. The van der Waals surface area contributed by atoms with E-state index in [1.54, 1.807) is 12.1 Å². The van der Waals surface area contributed by atoms with Crippen LogP contribution in [-0.2, 0) is 11.3 Å². The Hall–Kier alpha value is -2.33. The van der Waals surface area contributed by atoms with Gasteiger partial charge >= 0.3 is 0 Å². The van der Waals surface area contributed by atoms with Crippen molar-refractivity contribution in [1.29, 1.82) is 0 Å². The van der Waals surface area contributed by atoms with E-state index in [9.17, 15) is 9.18 Å². The first-order chi connectivity index (χ1) is 11.0. The molecule has 0 aliphatic heterocycles. The Bertz CT molecular complexity index is 711. The maximum atomic E-state index is 13.0. The second-order valence-electron chi connectivity index (χ2n) is 5.29. The third-order valence-corrected chi connectivity index (χ3v) is 3.58. The van der Waals surface area contributed by atoms with Gasteiger partial charge in [-0.05, 0) is 41.5 Å². The highest BCUT2D eigenvalue weighted by Crippen LogP contribution is 2.16. The Morgan fingerprint density at radius 1 is 1.22 bits per heavy atom. The maximum absolute atomic E-state index is 13.0. The summed E-state index contributed by atoms with van der Waals surface area (Å²) < 4.78 is 13.0. The number of rotatable bonds is 5. The molecule has 0 atom stereocenters. The molecule has 0 aliphatic carbocycles. The van der Waals surface area contributed by atoms with Gasteiger partial charge in [0.2, 0.25) is 5.91 Å². The first-order valence-corrected chi connectivity index (χ1v) is 7.51. The third kappa shape index (κ3) is 5.11. The number of carbonyl (C=O) groups is 1. The SMILES string of the molecule is CN(C)c1ccc(CNC(=O)/C=C/c2ccc(F)c(Cl)c2)cc1. The molecule has 0 heterocycles. The normalized spacial score (nSPS) is 10.8. The van der Waals surface area contributed by atoms with Gasteiger partial charge in [-0.15, -0.1) is 0 Å². The zero-order chi connectivity index (χ0) is 16.8. The molecule has 2 aromatic rings. The molecule has 0 spiro atoms. The van der Waals surface area contributed by atoms with Crippen LogP contribution in [0.15, 0.2) is 48.5 Å². The highest BCUT2D eigenvalue weighted by atomic mass is 35.5. The van der Waals surface area contributed by atoms with Crippen LogP contribution in [0.4, 0.5) is 10.1 Å². The molecule has 1 amide bonds. The molecule has 120 valence electrons. The number of hydrogen-bond donors (Lipinski definition) is 1. The zero-order valence-corrected chi connectivity index (χ0v) is 13.8. The number of benzene rings is 2. The number of nitrogens with zero attached hydrogens (tertiary/aromatic N) is 1. The lowest BCUT2D eigenvalue weighted by Gasteiger charge is -2.12. The molecule has 5 heteroatoms. The first kappa shape index (κ1) is 17.0. The second kappa shape index (κ2) is 7.79. The van der Waals surface area contributed by atoms with Crippen LogP contribution in [0.1, 0.15) is 11.1 Å². The monoisotopic (exact) mass is 332 g/mol. The number of halogens is 2. The van der Waals surface area contributed by atoms with Gasteiger partial charge in [0.05, 0.1) is 5.02 Å². The van der Waals surface area contributed by atoms with E-state index in [2.05, 4.69) is 5.32 Å². The van der Waals surface area contributed by atoms with Crippen molar-refractivity contribution >= 4 is 29.3 Å². The van der Waals surface area contributed by atoms with Crippen LogP contribution in [0, 0.1) is 5.82 Å². The summed E-state index contributed by atoms with van der Waals surface area (Å²) in [5, 5.41) is 2.83. The molecule has 1 N–H and O–H groups in total. The van der Waals surface area contributed by atoms with Crippen LogP contribution in [0.25, 0.3) is 6.08 Å². The molecular weight excluding hydrogens is 315 g/mol. The molecule has 2 rings (SSSR count).